The summed E-state index contributed by atoms with van der Waals surface area (Å²) < 4.78 is 6.26. The van der Waals surface area contributed by atoms with Crippen LogP contribution in [0.25, 0.3) is 0 Å². The molecule has 0 bridgehead atoms. The van der Waals surface area contributed by atoms with Crippen LogP contribution in [-0.4, -0.2) is 61.2 Å². The molecule has 33 heavy (non-hydrogen) atoms. The summed E-state index contributed by atoms with van der Waals surface area (Å²) in [5.74, 6) is 1.40. The van der Waals surface area contributed by atoms with Crippen molar-refractivity contribution >= 4 is 23.4 Å². The Labute approximate surface area is 200 Å². The summed E-state index contributed by atoms with van der Waals surface area (Å²) in [6.07, 6.45) is 4.47. The molecule has 5 rings (SSSR count). The van der Waals surface area contributed by atoms with Crippen LogP contribution in [0.4, 0.5) is 11.6 Å². The second-order valence-electron chi connectivity index (χ2n) is 8.70. The average Bonchev–Trinajstić information content (AvgIpc) is 3.40. The van der Waals surface area contributed by atoms with E-state index in [0.717, 1.165) is 55.7 Å². The van der Waals surface area contributed by atoms with Gasteiger partial charge in [-0.2, -0.15) is 4.98 Å². The Morgan fingerprint density at radius 2 is 1.67 bits per heavy atom. The minimum absolute atomic E-state index is 0.488. The molecule has 1 aromatic heterocycles. The third-order valence-electron chi connectivity index (χ3n) is 6.23. The van der Waals surface area contributed by atoms with E-state index in [-0.39, 0.29) is 0 Å². The van der Waals surface area contributed by atoms with Crippen molar-refractivity contribution in [3.05, 3.63) is 66.4 Å². The van der Waals surface area contributed by atoms with Gasteiger partial charge in [-0.3, -0.25) is 0 Å². The van der Waals surface area contributed by atoms with Crippen molar-refractivity contribution in [1.29, 1.82) is 0 Å². The van der Waals surface area contributed by atoms with Crippen molar-refractivity contribution in [2.45, 2.75) is 29.2 Å². The summed E-state index contributed by atoms with van der Waals surface area (Å²) in [4.78, 5) is 18.8. The lowest BCUT2D eigenvalue weighted by molar-refractivity contribution is 0.283. The van der Waals surface area contributed by atoms with Crippen molar-refractivity contribution in [3.8, 4) is 5.88 Å². The molecular weight excluding hydrogens is 430 g/mol. The van der Waals surface area contributed by atoms with E-state index >= 15 is 0 Å². The molecule has 0 unspecified atom stereocenters. The number of aromatic nitrogens is 2. The van der Waals surface area contributed by atoms with Crippen LogP contribution < -0.4 is 14.5 Å². The molecule has 0 saturated carbocycles. The first-order valence-electron chi connectivity index (χ1n) is 11.7. The molecule has 3 heterocycles. The van der Waals surface area contributed by atoms with Gasteiger partial charge in [0, 0.05) is 49.9 Å². The molecule has 2 aromatic carbocycles. The lowest BCUT2D eigenvalue weighted by Crippen LogP contribution is -2.45. The van der Waals surface area contributed by atoms with Crippen LogP contribution in [0.3, 0.4) is 0 Å². The van der Waals surface area contributed by atoms with E-state index in [2.05, 4.69) is 58.1 Å². The Balaban J connectivity index is 1.38. The number of anilines is 2. The van der Waals surface area contributed by atoms with Gasteiger partial charge in [-0.1, -0.05) is 48.2 Å². The van der Waals surface area contributed by atoms with E-state index in [4.69, 9.17) is 14.7 Å². The zero-order valence-corrected chi connectivity index (χ0v) is 20.0. The summed E-state index contributed by atoms with van der Waals surface area (Å²) in [6.45, 7) is 6.66. The predicted molar refractivity (Wildman–Crippen MR) is 135 cm³/mol. The molecule has 0 atom stereocenters. The quantitative estimate of drug-likeness (QED) is 0.511. The highest BCUT2D eigenvalue weighted by Gasteiger charge is 2.20. The molecule has 0 radical (unpaired) electrons. The van der Waals surface area contributed by atoms with Gasteiger partial charge in [0.25, 0.3) is 0 Å². The molecule has 3 aromatic rings. The first-order chi connectivity index (χ1) is 16.2. The zero-order chi connectivity index (χ0) is 22.5. The van der Waals surface area contributed by atoms with E-state index in [9.17, 15) is 0 Å². The second kappa shape index (κ2) is 10.4. The van der Waals surface area contributed by atoms with Gasteiger partial charge in [-0.15, -0.1) is 0 Å². The third-order valence-corrected chi connectivity index (χ3v) is 7.22. The fourth-order valence-corrected chi connectivity index (χ4v) is 5.13. The van der Waals surface area contributed by atoms with Crippen molar-refractivity contribution in [1.82, 2.24) is 14.9 Å². The van der Waals surface area contributed by atoms with Crippen LogP contribution in [0.1, 0.15) is 18.4 Å². The maximum Gasteiger partial charge on any atom is 0.232 e. The number of benzene rings is 2. The maximum atomic E-state index is 6.26. The summed E-state index contributed by atoms with van der Waals surface area (Å²) in [5.41, 5.74) is 2.42. The molecule has 0 amide bonds. The molecule has 6 nitrogen and oxygen atoms in total. The lowest BCUT2D eigenvalue weighted by Gasteiger charge is -2.32. The molecule has 2 saturated heterocycles. The van der Waals surface area contributed by atoms with Crippen molar-refractivity contribution < 1.29 is 4.74 Å². The molecule has 2 fully saturated rings. The first kappa shape index (κ1) is 22.0. The van der Waals surface area contributed by atoms with Gasteiger partial charge >= 0.3 is 0 Å². The number of piperazine rings is 1. The van der Waals surface area contributed by atoms with Gasteiger partial charge in [0.05, 0.1) is 11.1 Å². The van der Waals surface area contributed by atoms with Crippen LogP contribution in [0.2, 0.25) is 0 Å². The molecule has 2 aliphatic rings. The number of rotatable bonds is 7. The smallest absolute Gasteiger partial charge is 0.232 e. The van der Waals surface area contributed by atoms with Crippen molar-refractivity contribution in [2.75, 3.05) is 56.1 Å². The molecule has 0 spiro atoms. The first-order valence-corrected chi connectivity index (χ1v) is 12.6. The van der Waals surface area contributed by atoms with Gasteiger partial charge in [0.15, 0.2) is 0 Å². The predicted octanol–water partition coefficient (Wildman–Crippen LogP) is 4.56. The summed E-state index contributed by atoms with van der Waals surface area (Å²) in [7, 11) is 2.16. The van der Waals surface area contributed by atoms with Crippen LogP contribution >= 0.6 is 11.8 Å². The minimum Gasteiger partial charge on any atom is -0.472 e. The van der Waals surface area contributed by atoms with E-state index in [0.29, 0.717) is 12.5 Å². The maximum absolute atomic E-state index is 6.26. The van der Waals surface area contributed by atoms with E-state index in [1.54, 1.807) is 11.8 Å². The molecule has 2 aliphatic heterocycles. The highest BCUT2D eigenvalue weighted by Crippen LogP contribution is 2.36. The van der Waals surface area contributed by atoms with Gasteiger partial charge in [0.2, 0.25) is 11.8 Å². The SMILES string of the molecule is CN1CCN(c2ncc(Sc3cccc(N4CCCC4)c3)c(OCc3ccccc3)n2)CC1. The Kier molecular flexibility index (Phi) is 6.98. The minimum atomic E-state index is 0.488. The fourth-order valence-electron chi connectivity index (χ4n) is 4.25. The van der Waals surface area contributed by atoms with Crippen molar-refractivity contribution in [2.24, 2.45) is 0 Å². The summed E-state index contributed by atoms with van der Waals surface area (Å²) >= 11 is 1.67. The van der Waals surface area contributed by atoms with Crippen LogP contribution in [0, 0.1) is 0 Å². The summed E-state index contributed by atoms with van der Waals surface area (Å²) in [5, 5.41) is 0. The highest BCUT2D eigenvalue weighted by atomic mass is 32.2. The Bertz CT molecular complexity index is 1050. The third kappa shape index (κ3) is 5.60. The topological polar surface area (TPSA) is 44.7 Å². The molecule has 0 N–H and O–H groups in total. The van der Waals surface area contributed by atoms with Crippen LogP contribution in [-0.2, 0) is 6.61 Å². The van der Waals surface area contributed by atoms with E-state index in [1.165, 1.54) is 23.4 Å². The molecule has 172 valence electrons. The van der Waals surface area contributed by atoms with E-state index in [1.807, 2.05) is 24.4 Å². The largest absolute Gasteiger partial charge is 0.472 e. The molecule has 7 heteroatoms. The normalized spacial score (nSPS) is 16.9. The van der Waals surface area contributed by atoms with Gasteiger partial charge < -0.3 is 19.4 Å². The second-order valence-corrected chi connectivity index (χ2v) is 9.81. The average molecular weight is 462 g/mol. The monoisotopic (exact) mass is 461 g/mol. The molecular formula is C26H31N5OS. The van der Waals surface area contributed by atoms with E-state index < -0.39 is 0 Å². The van der Waals surface area contributed by atoms with Crippen LogP contribution in [0.15, 0.2) is 70.6 Å². The Hall–Kier alpha value is -2.77. The highest BCUT2D eigenvalue weighted by molar-refractivity contribution is 7.99. The van der Waals surface area contributed by atoms with Gasteiger partial charge in [-0.05, 0) is 43.7 Å². The fraction of sp³-hybridized carbons (Fsp3) is 0.385. The number of hydrogen-bond acceptors (Lipinski definition) is 7. The van der Waals surface area contributed by atoms with Crippen LogP contribution in [0.5, 0.6) is 5.88 Å². The Morgan fingerprint density at radius 3 is 2.45 bits per heavy atom. The Morgan fingerprint density at radius 1 is 0.879 bits per heavy atom. The van der Waals surface area contributed by atoms with Gasteiger partial charge in [0.1, 0.15) is 6.61 Å². The number of nitrogens with zero attached hydrogens (tertiary/aromatic N) is 5. The number of likely N-dealkylation sites (N-methyl/N-ethyl adjacent to an activating group) is 1. The molecule has 0 aliphatic carbocycles. The van der Waals surface area contributed by atoms with Crippen molar-refractivity contribution in [3.63, 3.8) is 0 Å². The lowest BCUT2D eigenvalue weighted by atomic mass is 10.2. The zero-order valence-electron chi connectivity index (χ0n) is 19.2. The number of ether oxygens (including phenoxy) is 1. The standard InChI is InChI=1S/C26H31N5OS/c1-29-14-16-31(17-15-29)26-27-19-24(25(28-26)32-20-21-8-3-2-4-9-21)33-23-11-7-10-22(18-23)30-12-5-6-13-30/h2-4,7-11,18-19H,5-6,12-17,20H2,1H3. The number of hydrogen-bond donors (Lipinski definition) is 0. The van der Waals surface area contributed by atoms with Gasteiger partial charge in [-0.25, -0.2) is 4.98 Å². The summed E-state index contributed by atoms with van der Waals surface area (Å²) in [6, 6.07) is 19.0.